The van der Waals surface area contributed by atoms with Crippen LogP contribution in [0.4, 0.5) is 10.2 Å². The van der Waals surface area contributed by atoms with Crippen molar-refractivity contribution < 1.29 is 4.39 Å². The van der Waals surface area contributed by atoms with Gasteiger partial charge in [0.1, 0.15) is 11.6 Å². The van der Waals surface area contributed by atoms with Crippen LogP contribution in [0.2, 0.25) is 0 Å². The van der Waals surface area contributed by atoms with E-state index in [9.17, 15) is 4.39 Å². The number of hydrogen-bond acceptors (Lipinski definition) is 3. The monoisotopic (exact) mass is 293 g/mol. The zero-order valence-electron chi connectivity index (χ0n) is 11.5. The molecule has 22 heavy (non-hydrogen) atoms. The third-order valence-electron chi connectivity index (χ3n) is 3.45. The van der Waals surface area contributed by atoms with Crippen LogP contribution in [0.1, 0.15) is 0 Å². The second-order valence-corrected chi connectivity index (χ2v) is 4.95. The summed E-state index contributed by atoms with van der Waals surface area (Å²) in [7, 11) is 0. The fourth-order valence-electron chi connectivity index (χ4n) is 2.37. The number of hydrogen-bond donors (Lipinski definition) is 2. The van der Waals surface area contributed by atoms with Gasteiger partial charge in [-0.15, -0.1) is 0 Å². The first kappa shape index (κ1) is 12.6. The van der Waals surface area contributed by atoms with Gasteiger partial charge in [-0.2, -0.15) is 9.78 Å². The maximum atomic E-state index is 13.0. The Bertz CT molecular complexity index is 919. The van der Waals surface area contributed by atoms with E-state index >= 15 is 0 Å². The molecule has 0 aliphatic carbocycles. The first-order valence-corrected chi connectivity index (χ1v) is 6.77. The van der Waals surface area contributed by atoms with Crippen molar-refractivity contribution in [3.63, 3.8) is 0 Å². The number of benzene rings is 2. The number of nitrogens with two attached hydrogens (primary N) is 1. The second kappa shape index (κ2) is 4.70. The molecular weight excluding hydrogens is 281 g/mol. The summed E-state index contributed by atoms with van der Waals surface area (Å²) in [5.41, 5.74) is 9.24. The van der Waals surface area contributed by atoms with Gasteiger partial charge in [-0.05, 0) is 36.4 Å². The molecule has 2 aromatic carbocycles. The van der Waals surface area contributed by atoms with Crippen LogP contribution in [-0.4, -0.2) is 19.7 Å². The number of nitrogen functional groups attached to an aromatic ring is 1. The summed E-state index contributed by atoms with van der Waals surface area (Å²) in [6.07, 6.45) is 0. The maximum Gasteiger partial charge on any atom is 0.231 e. The molecule has 0 fully saturated rings. The smallest absolute Gasteiger partial charge is 0.231 e. The van der Waals surface area contributed by atoms with E-state index in [-0.39, 0.29) is 5.82 Å². The molecule has 0 spiro atoms. The third kappa shape index (κ3) is 2.01. The molecule has 0 saturated carbocycles. The minimum Gasteiger partial charge on any atom is -0.383 e. The van der Waals surface area contributed by atoms with Crippen LogP contribution >= 0.6 is 0 Å². The largest absolute Gasteiger partial charge is 0.383 e. The molecule has 2 heterocycles. The van der Waals surface area contributed by atoms with E-state index in [1.807, 2.05) is 24.3 Å². The van der Waals surface area contributed by atoms with Crippen LogP contribution in [0.5, 0.6) is 0 Å². The molecule has 0 atom stereocenters. The van der Waals surface area contributed by atoms with Gasteiger partial charge in [0.05, 0.1) is 16.7 Å². The molecule has 0 bridgehead atoms. The quantitative estimate of drug-likeness (QED) is 0.596. The number of aromatic amines is 1. The minimum atomic E-state index is -0.284. The van der Waals surface area contributed by atoms with Crippen molar-refractivity contribution in [1.29, 1.82) is 0 Å². The molecule has 0 aliphatic heterocycles. The number of fused-ring (bicyclic) bond motifs is 1. The summed E-state index contributed by atoms with van der Waals surface area (Å²) in [6.45, 7) is 0. The third-order valence-corrected chi connectivity index (χ3v) is 3.45. The number of rotatable bonds is 2. The minimum absolute atomic E-state index is 0.284. The average molecular weight is 293 g/mol. The van der Waals surface area contributed by atoms with Gasteiger partial charge in [0.25, 0.3) is 0 Å². The SMILES string of the molecule is Nc1cc(-c2ccc(F)cc2)nn1-c1nc2ccccc2[nH]1. The number of para-hydroxylation sites is 2. The molecule has 4 rings (SSSR count). The Morgan fingerprint density at radius 1 is 1.05 bits per heavy atom. The number of imidazole rings is 1. The average Bonchev–Trinajstić information content (AvgIpc) is 3.11. The van der Waals surface area contributed by atoms with Crippen LogP contribution in [0.15, 0.2) is 54.6 Å². The van der Waals surface area contributed by atoms with Crippen molar-refractivity contribution in [2.45, 2.75) is 0 Å². The van der Waals surface area contributed by atoms with E-state index in [1.54, 1.807) is 22.9 Å². The molecule has 5 nitrogen and oxygen atoms in total. The molecule has 0 aliphatic rings. The van der Waals surface area contributed by atoms with Gasteiger partial charge in [0.15, 0.2) is 0 Å². The van der Waals surface area contributed by atoms with Crippen molar-refractivity contribution in [2.75, 3.05) is 5.73 Å². The Balaban J connectivity index is 1.81. The lowest BCUT2D eigenvalue weighted by Gasteiger charge is -1.98. The molecule has 6 heteroatoms. The van der Waals surface area contributed by atoms with Crippen LogP contribution < -0.4 is 5.73 Å². The van der Waals surface area contributed by atoms with E-state index < -0.39 is 0 Å². The van der Waals surface area contributed by atoms with E-state index in [2.05, 4.69) is 15.1 Å². The van der Waals surface area contributed by atoms with Gasteiger partial charge in [-0.1, -0.05) is 12.1 Å². The lowest BCUT2D eigenvalue weighted by atomic mass is 10.1. The fraction of sp³-hybridized carbons (Fsp3) is 0. The lowest BCUT2D eigenvalue weighted by molar-refractivity contribution is 0.628. The van der Waals surface area contributed by atoms with Crippen LogP contribution in [0, 0.1) is 5.82 Å². The second-order valence-electron chi connectivity index (χ2n) is 4.95. The topological polar surface area (TPSA) is 72.5 Å². The molecular formula is C16H12FN5. The zero-order valence-corrected chi connectivity index (χ0v) is 11.5. The molecule has 3 N–H and O–H groups in total. The molecule has 0 saturated heterocycles. The summed E-state index contributed by atoms with van der Waals surface area (Å²) in [5, 5.41) is 4.45. The highest BCUT2D eigenvalue weighted by Crippen LogP contribution is 2.23. The van der Waals surface area contributed by atoms with Gasteiger partial charge in [0.2, 0.25) is 5.95 Å². The first-order chi connectivity index (χ1) is 10.7. The molecule has 0 unspecified atom stereocenters. The predicted octanol–water partition coefficient (Wildman–Crippen LogP) is 3.14. The summed E-state index contributed by atoms with van der Waals surface area (Å²) in [5.74, 6) is 0.721. The highest BCUT2D eigenvalue weighted by Gasteiger charge is 2.12. The lowest BCUT2D eigenvalue weighted by Crippen LogP contribution is -2.03. The van der Waals surface area contributed by atoms with E-state index in [1.165, 1.54) is 12.1 Å². The van der Waals surface area contributed by atoms with Gasteiger partial charge in [-0.3, -0.25) is 0 Å². The normalized spacial score (nSPS) is 11.1. The summed E-state index contributed by atoms with van der Waals surface area (Å²) < 4.78 is 14.5. The number of anilines is 1. The maximum absolute atomic E-state index is 13.0. The Kier molecular flexibility index (Phi) is 2.69. The van der Waals surface area contributed by atoms with Crippen molar-refractivity contribution in [3.8, 4) is 17.2 Å². The molecule has 4 aromatic rings. The Morgan fingerprint density at radius 2 is 1.82 bits per heavy atom. The van der Waals surface area contributed by atoms with Crippen molar-refractivity contribution in [1.82, 2.24) is 19.7 Å². The van der Waals surface area contributed by atoms with E-state index in [0.717, 1.165) is 16.6 Å². The molecule has 0 radical (unpaired) electrons. The van der Waals surface area contributed by atoms with Gasteiger partial charge in [0, 0.05) is 11.6 Å². The Hall–Kier alpha value is -3.15. The van der Waals surface area contributed by atoms with Crippen LogP contribution in [-0.2, 0) is 0 Å². The van der Waals surface area contributed by atoms with E-state index in [4.69, 9.17) is 5.73 Å². The van der Waals surface area contributed by atoms with Gasteiger partial charge >= 0.3 is 0 Å². The van der Waals surface area contributed by atoms with Crippen molar-refractivity contribution in [2.24, 2.45) is 0 Å². The van der Waals surface area contributed by atoms with Crippen molar-refractivity contribution in [3.05, 3.63) is 60.4 Å². The van der Waals surface area contributed by atoms with Crippen LogP contribution in [0.3, 0.4) is 0 Å². The number of aromatic nitrogens is 4. The Morgan fingerprint density at radius 3 is 2.59 bits per heavy atom. The molecule has 108 valence electrons. The Labute approximate surface area is 125 Å². The molecule has 0 amide bonds. The standard InChI is InChI=1S/C16H12FN5/c17-11-7-5-10(6-8-11)14-9-15(18)22(21-14)16-19-12-3-1-2-4-13(12)20-16/h1-9H,18H2,(H,19,20). The summed E-state index contributed by atoms with van der Waals surface area (Å²) in [6, 6.07) is 15.6. The highest BCUT2D eigenvalue weighted by molar-refractivity contribution is 5.76. The first-order valence-electron chi connectivity index (χ1n) is 6.77. The van der Waals surface area contributed by atoms with Gasteiger partial charge in [-0.25, -0.2) is 9.37 Å². The van der Waals surface area contributed by atoms with Gasteiger partial charge < -0.3 is 10.7 Å². The summed E-state index contributed by atoms with van der Waals surface area (Å²) >= 11 is 0. The predicted molar refractivity (Wildman–Crippen MR) is 83.0 cm³/mol. The fourth-order valence-corrected chi connectivity index (χ4v) is 2.37. The van der Waals surface area contributed by atoms with Crippen LogP contribution in [0.25, 0.3) is 28.2 Å². The highest BCUT2D eigenvalue weighted by atomic mass is 19.1. The van der Waals surface area contributed by atoms with Crippen molar-refractivity contribution >= 4 is 16.9 Å². The number of H-pyrrole nitrogens is 1. The summed E-state index contributed by atoms with van der Waals surface area (Å²) in [4.78, 5) is 7.65. The zero-order chi connectivity index (χ0) is 15.1. The number of halogens is 1. The number of nitrogens with zero attached hydrogens (tertiary/aromatic N) is 3. The number of nitrogens with one attached hydrogen (secondary N) is 1. The molecule has 2 aromatic heterocycles. The van der Waals surface area contributed by atoms with E-state index in [0.29, 0.717) is 17.5 Å².